The van der Waals surface area contributed by atoms with Crippen LogP contribution in [0.25, 0.3) is 16.8 Å². The van der Waals surface area contributed by atoms with Gasteiger partial charge in [-0.05, 0) is 54.8 Å². The molecule has 0 atom stereocenters. The van der Waals surface area contributed by atoms with Gasteiger partial charge in [0.15, 0.2) is 11.6 Å². The van der Waals surface area contributed by atoms with Gasteiger partial charge in [-0.1, -0.05) is 0 Å². The predicted molar refractivity (Wildman–Crippen MR) is 113 cm³/mol. The number of aromatic hydroxyl groups is 1. The Kier molecular flexibility index (Phi) is 5.47. The van der Waals surface area contributed by atoms with Gasteiger partial charge in [0.05, 0.1) is 18.1 Å². The van der Waals surface area contributed by atoms with E-state index in [1.165, 1.54) is 37.7 Å². The Balaban J connectivity index is 1.58. The highest BCUT2D eigenvalue weighted by Gasteiger charge is 2.14. The van der Waals surface area contributed by atoms with Crippen molar-refractivity contribution in [2.75, 3.05) is 18.0 Å². The summed E-state index contributed by atoms with van der Waals surface area (Å²) in [6, 6.07) is 11.0. The van der Waals surface area contributed by atoms with Crippen LogP contribution in [0, 0.1) is 5.82 Å². The van der Waals surface area contributed by atoms with E-state index >= 15 is 0 Å². The van der Waals surface area contributed by atoms with Crippen LogP contribution < -0.4 is 10.3 Å². The first-order valence-electron chi connectivity index (χ1n) is 9.74. The molecule has 1 aromatic heterocycles. The number of amides is 1. The number of carbonyl (C=O) groups excluding carboxylic acids is 1. The number of aromatic nitrogens is 2. The molecule has 7 nitrogen and oxygen atoms in total. The molecule has 3 aromatic rings. The molecule has 0 spiro atoms. The van der Waals surface area contributed by atoms with Crippen LogP contribution in [0.4, 0.5) is 10.1 Å². The Hall–Kier alpha value is -3.68. The summed E-state index contributed by atoms with van der Waals surface area (Å²) in [6.07, 6.45) is 7.08. The largest absolute Gasteiger partial charge is 0.504 e. The van der Waals surface area contributed by atoms with E-state index in [4.69, 9.17) is 0 Å². The maximum Gasteiger partial charge on any atom is 0.236 e. The number of hydrazone groups is 1. The number of phenolic OH excluding ortho intramolecular Hbond substituents is 1. The summed E-state index contributed by atoms with van der Waals surface area (Å²) in [4.78, 5) is 13.3. The van der Waals surface area contributed by atoms with Crippen molar-refractivity contribution in [2.24, 2.45) is 5.10 Å². The first-order valence-corrected chi connectivity index (χ1v) is 9.74. The van der Waals surface area contributed by atoms with E-state index < -0.39 is 11.6 Å². The van der Waals surface area contributed by atoms with Gasteiger partial charge in [-0.25, -0.2) is 14.5 Å². The Labute approximate surface area is 173 Å². The minimum atomic E-state index is -0.778. The van der Waals surface area contributed by atoms with E-state index in [0.29, 0.717) is 11.1 Å². The number of rotatable bonds is 5. The van der Waals surface area contributed by atoms with E-state index in [0.717, 1.165) is 18.8 Å². The summed E-state index contributed by atoms with van der Waals surface area (Å²) in [5.74, 6) is -1.67. The molecule has 1 amide bonds. The number of anilines is 1. The molecule has 1 aliphatic rings. The third-order valence-corrected chi connectivity index (χ3v) is 5.02. The normalized spacial score (nSPS) is 13.9. The average Bonchev–Trinajstić information content (AvgIpc) is 3.43. The van der Waals surface area contributed by atoms with Crippen LogP contribution >= 0.6 is 0 Å². The molecule has 154 valence electrons. The molecule has 2 heterocycles. The van der Waals surface area contributed by atoms with Gasteiger partial charge in [-0.2, -0.15) is 10.2 Å². The Bertz CT molecular complexity index is 1090. The number of halogens is 1. The minimum Gasteiger partial charge on any atom is -0.504 e. The number of carbonyl (C=O) groups is 1. The molecule has 8 heteroatoms. The fourth-order valence-electron chi connectivity index (χ4n) is 3.48. The molecule has 0 radical (unpaired) electrons. The molecule has 0 saturated carbocycles. The van der Waals surface area contributed by atoms with Crippen molar-refractivity contribution < 1.29 is 14.3 Å². The van der Waals surface area contributed by atoms with Crippen molar-refractivity contribution in [1.82, 2.24) is 15.2 Å². The minimum absolute atomic E-state index is 0.154. The number of benzene rings is 2. The number of nitrogens with one attached hydrogen (secondary N) is 1. The van der Waals surface area contributed by atoms with Crippen LogP contribution in [0.2, 0.25) is 0 Å². The highest BCUT2D eigenvalue weighted by atomic mass is 19.1. The fraction of sp³-hybridized carbons (Fsp3) is 0.227. The van der Waals surface area contributed by atoms with Crippen LogP contribution in [-0.2, 0) is 4.79 Å². The molecule has 30 heavy (non-hydrogen) atoms. The zero-order valence-electron chi connectivity index (χ0n) is 16.5. The predicted octanol–water partition coefficient (Wildman–Crippen LogP) is 3.45. The molecule has 1 saturated heterocycles. The van der Waals surface area contributed by atoms with E-state index in [1.807, 2.05) is 12.1 Å². The molecule has 2 N–H and O–H groups in total. The lowest BCUT2D eigenvalue weighted by Crippen LogP contribution is -2.17. The van der Waals surface area contributed by atoms with Gasteiger partial charge in [0, 0.05) is 43.0 Å². The average molecular weight is 407 g/mol. The molecule has 2 aromatic carbocycles. The first kappa shape index (κ1) is 19.6. The fourth-order valence-corrected chi connectivity index (χ4v) is 3.48. The molecule has 0 unspecified atom stereocenters. The molecular formula is C22H22FN5O2. The van der Waals surface area contributed by atoms with Crippen molar-refractivity contribution in [1.29, 1.82) is 0 Å². The van der Waals surface area contributed by atoms with E-state index in [1.54, 1.807) is 23.1 Å². The zero-order valence-corrected chi connectivity index (χ0v) is 16.5. The van der Waals surface area contributed by atoms with Crippen molar-refractivity contribution in [3.8, 4) is 22.6 Å². The second kappa shape index (κ2) is 8.36. The van der Waals surface area contributed by atoms with E-state index in [2.05, 4.69) is 32.7 Å². The molecule has 0 bridgehead atoms. The summed E-state index contributed by atoms with van der Waals surface area (Å²) in [6.45, 7) is 3.48. The number of phenols is 1. The Morgan fingerprint density at radius 3 is 2.57 bits per heavy atom. The molecule has 1 aliphatic heterocycles. The second-order valence-electron chi connectivity index (χ2n) is 7.21. The third-order valence-electron chi connectivity index (χ3n) is 5.02. The van der Waals surface area contributed by atoms with Crippen molar-refractivity contribution in [3.63, 3.8) is 0 Å². The maximum atomic E-state index is 14.2. The molecule has 0 aliphatic carbocycles. The van der Waals surface area contributed by atoms with Crippen molar-refractivity contribution >= 4 is 17.8 Å². The van der Waals surface area contributed by atoms with Gasteiger partial charge in [0.1, 0.15) is 0 Å². The zero-order chi connectivity index (χ0) is 21.1. The van der Waals surface area contributed by atoms with E-state index in [9.17, 15) is 14.3 Å². The van der Waals surface area contributed by atoms with Crippen LogP contribution in [0.15, 0.2) is 53.9 Å². The van der Waals surface area contributed by atoms with Gasteiger partial charge in [-0.3, -0.25) is 4.79 Å². The Morgan fingerprint density at radius 2 is 1.87 bits per heavy atom. The lowest BCUT2D eigenvalue weighted by molar-refractivity contribution is -0.118. The highest BCUT2D eigenvalue weighted by molar-refractivity contribution is 5.87. The molecule has 1 fully saturated rings. The lowest BCUT2D eigenvalue weighted by atomic mass is 10.1. The van der Waals surface area contributed by atoms with Crippen molar-refractivity contribution in [3.05, 3.63) is 60.2 Å². The van der Waals surface area contributed by atoms with Crippen LogP contribution in [0.1, 0.15) is 25.3 Å². The standard InChI is InChI=1S/C22H22FN5O2/c1-15(29)26-24-12-17-10-16(11-21(23)22(17)30)18-13-25-28(14-18)20-6-4-19(5-7-20)27-8-2-3-9-27/h4-7,10-14,30H,2-3,8-9H2,1H3,(H,26,29)/b24-12-. The number of nitrogens with zero attached hydrogens (tertiary/aromatic N) is 4. The number of hydrogen-bond acceptors (Lipinski definition) is 5. The lowest BCUT2D eigenvalue weighted by Gasteiger charge is -2.17. The van der Waals surface area contributed by atoms with Gasteiger partial charge in [0.25, 0.3) is 0 Å². The summed E-state index contributed by atoms with van der Waals surface area (Å²) in [5.41, 5.74) is 5.70. The first-order chi connectivity index (χ1) is 14.5. The van der Waals surface area contributed by atoms with Crippen LogP contribution in [0.5, 0.6) is 5.75 Å². The van der Waals surface area contributed by atoms with Crippen molar-refractivity contribution in [2.45, 2.75) is 19.8 Å². The summed E-state index contributed by atoms with van der Waals surface area (Å²) >= 11 is 0. The van der Waals surface area contributed by atoms with Gasteiger partial charge < -0.3 is 10.0 Å². The van der Waals surface area contributed by atoms with Gasteiger partial charge in [0.2, 0.25) is 5.91 Å². The maximum absolute atomic E-state index is 14.2. The second-order valence-corrected chi connectivity index (χ2v) is 7.21. The van der Waals surface area contributed by atoms with Crippen LogP contribution in [-0.4, -0.2) is 40.1 Å². The smallest absolute Gasteiger partial charge is 0.236 e. The van der Waals surface area contributed by atoms with E-state index in [-0.39, 0.29) is 11.5 Å². The Morgan fingerprint density at radius 1 is 1.17 bits per heavy atom. The van der Waals surface area contributed by atoms with Crippen LogP contribution in [0.3, 0.4) is 0 Å². The monoisotopic (exact) mass is 407 g/mol. The SMILES string of the molecule is CC(=O)N/N=C\c1cc(-c2cnn(-c3ccc(N4CCCC4)cc3)c2)cc(F)c1O. The summed E-state index contributed by atoms with van der Waals surface area (Å²) in [5, 5.41) is 18.0. The summed E-state index contributed by atoms with van der Waals surface area (Å²) < 4.78 is 15.9. The quantitative estimate of drug-likeness (QED) is 0.501. The topological polar surface area (TPSA) is 82.8 Å². The van der Waals surface area contributed by atoms with Gasteiger partial charge >= 0.3 is 0 Å². The molecule has 4 rings (SSSR count). The molecular weight excluding hydrogens is 385 g/mol. The number of hydrogen-bond donors (Lipinski definition) is 2. The van der Waals surface area contributed by atoms with Gasteiger partial charge in [-0.15, -0.1) is 0 Å². The summed E-state index contributed by atoms with van der Waals surface area (Å²) in [7, 11) is 0. The highest BCUT2D eigenvalue weighted by Crippen LogP contribution is 2.29. The third kappa shape index (κ3) is 4.17.